The zero-order valence-electron chi connectivity index (χ0n) is 12.9. The third-order valence-electron chi connectivity index (χ3n) is 3.72. The molecule has 1 heterocycles. The number of carbonyl (C=O) groups is 2. The van der Waals surface area contributed by atoms with Crippen LogP contribution in [0.3, 0.4) is 0 Å². The van der Waals surface area contributed by atoms with Crippen molar-refractivity contribution < 1.29 is 18.0 Å². The van der Waals surface area contributed by atoms with Crippen molar-refractivity contribution in [1.82, 2.24) is 10.2 Å². The summed E-state index contributed by atoms with van der Waals surface area (Å²) in [5, 5.41) is 2.73. The van der Waals surface area contributed by atoms with Crippen LogP contribution < -0.4 is 5.32 Å². The zero-order chi connectivity index (χ0) is 15.9. The second-order valence-electron chi connectivity index (χ2n) is 5.47. The van der Waals surface area contributed by atoms with E-state index in [-0.39, 0.29) is 35.8 Å². The van der Waals surface area contributed by atoms with E-state index in [0.29, 0.717) is 19.5 Å². The maximum atomic E-state index is 12.1. The Morgan fingerprint density at radius 3 is 2.48 bits per heavy atom. The van der Waals surface area contributed by atoms with Gasteiger partial charge < -0.3 is 10.2 Å². The van der Waals surface area contributed by atoms with E-state index >= 15 is 0 Å². The second kappa shape index (κ2) is 8.36. The second-order valence-corrected chi connectivity index (χ2v) is 7.70. The summed E-state index contributed by atoms with van der Waals surface area (Å²) in [6.45, 7) is 4.91. The van der Waals surface area contributed by atoms with Gasteiger partial charge in [0.2, 0.25) is 11.8 Å². The summed E-state index contributed by atoms with van der Waals surface area (Å²) in [4.78, 5) is 25.4. The summed E-state index contributed by atoms with van der Waals surface area (Å²) in [6, 6.07) is -0.277. The summed E-state index contributed by atoms with van der Waals surface area (Å²) in [7, 11) is -3.03. The number of sulfone groups is 1. The number of hydrogen-bond donors (Lipinski definition) is 1. The molecule has 0 bridgehead atoms. The van der Waals surface area contributed by atoms with Crippen LogP contribution in [-0.4, -0.2) is 55.8 Å². The number of nitrogens with one attached hydrogen (secondary N) is 1. The molecule has 0 aromatic carbocycles. The topological polar surface area (TPSA) is 83.6 Å². The SMILES string of the molecule is CCCCCNC(=O)CC(=O)N(CC)C1CCS(=O)(=O)C1. The van der Waals surface area contributed by atoms with Crippen molar-refractivity contribution in [3.05, 3.63) is 0 Å². The molecule has 1 unspecified atom stereocenters. The third-order valence-corrected chi connectivity index (χ3v) is 5.47. The number of rotatable bonds is 8. The van der Waals surface area contributed by atoms with Gasteiger partial charge in [-0.15, -0.1) is 0 Å². The quantitative estimate of drug-likeness (QED) is 0.528. The summed E-state index contributed by atoms with van der Waals surface area (Å²) in [5.74, 6) is -0.418. The van der Waals surface area contributed by atoms with Crippen LogP contribution in [0.25, 0.3) is 0 Å². The Hall–Kier alpha value is -1.11. The molecule has 1 saturated heterocycles. The van der Waals surface area contributed by atoms with Crippen molar-refractivity contribution in [3.63, 3.8) is 0 Å². The van der Waals surface area contributed by atoms with Crippen LogP contribution in [0.4, 0.5) is 0 Å². The minimum Gasteiger partial charge on any atom is -0.356 e. The lowest BCUT2D eigenvalue weighted by molar-refractivity contribution is -0.137. The molecule has 6 nitrogen and oxygen atoms in total. The van der Waals surface area contributed by atoms with Crippen LogP contribution in [0.2, 0.25) is 0 Å². The molecule has 1 N–H and O–H groups in total. The molecule has 1 aliphatic heterocycles. The van der Waals surface area contributed by atoms with Gasteiger partial charge in [0, 0.05) is 19.1 Å². The minimum absolute atomic E-state index is 0.0186. The molecular formula is C14H26N2O4S. The first-order valence-electron chi connectivity index (χ1n) is 7.66. The van der Waals surface area contributed by atoms with Gasteiger partial charge in [-0.1, -0.05) is 19.8 Å². The van der Waals surface area contributed by atoms with E-state index in [1.807, 2.05) is 6.92 Å². The molecule has 0 aromatic rings. The molecule has 1 atom stereocenters. The van der Waals surface area contributed by atoms with Gasteiger partial charge in [0.25, 0.3) is 0 Å². The van der Waals surface area contributed by atoms with Crippen LogP contribution in [0, 0.1) is 0 Å². The van der Waals surface area contributed by atoms with Gasteiger partial charge in [0.05, 0.1) is 11.5 Å². The monoisotopic (exact) mass is 318 g/mol. The standard InChI is InChI=1S/C14H26N2O4S/c1-3-5-6-8-15-13(17)10-14(18)16(4-2)12-7-9-21(19,20)11-12/h12H,3-11H2,1-2H3,(H,15,17). The fourth-order valence-electron chi connectivity index (χ4n) is 2.56. The van der Waals surface area contributed by atoms with Gasteiger partial charge in [0.1, 0.15) is 6.42 Å². The van der Waals surface area contributed by atoms with Crippen molar-refractivity contribution in [1.29, 1.82) is 0 Å². The fourth-order valence-corrected chi connectivity index (χ4v) is 4.29. The van der Waals surface area contributed by atoms with E-state index in [1.165, 1.54) is 4.90 Å². The van der Waals surface area contributed by atoms with E-state index in [4.69, 9.17) is 0 Å². The zero-order valence-corrected chi connectivity index (χ0v) is 13.7. The van der Waals surface area contributed by atoms with E-state index in [1.54, 1.807) is 0 Å². The maximum absolute atomic E-state index is 12.1. The molecule has 0 aromatic heterocycles. The maximum Gasteiger partial charge on any atom is 0.232 e. The molecule has 2 amide bonds. The van der Waals surface area contributed by atoms with E-state index < -0.39 is 9.84 Å². The lowest BCUT2D eigenvalue weighted by Crippen LogP contribution is -2.43. The Bertz CT molecular complexity index is 462. The lowest BCUT2D eigenvalue weighted by Gasteiger charge is -2.26. The van der Waals surface area contributed by atoms with Gasteiger partial charge in [0.15, 0.2) is 9.84 Å². The molecule has 1 fully saturated rings. The summed E-state index contributed by atoms with van der Waals surface area (Å²) >= 11 is 0. The fraction of sp³-hybridized carbons (Fsp3) is 0.857. The number of unbranched alkanes of at least 4 members (excludes halogenated alkanes) is 2. The van der Waals surface area contributed by atoms with E-state index in [2.05, 4.69) is 12.2 Å². The number of carbonyl (C=O) groups excluding carboxylic acids is 2. The molecular weight excluding hydrogens is 292 g/mol. The molecule has 7 heteroatoms. The van der Waals surface area contributed by atoms with Gasteiger partial charge in [-0.05, 0) is 19.8 Å². The molecule has 0 saturated carbocycles. The van der Waals surface area contributed by atoms with Gasteiger partial charge >= 0.3 is 0 Å². The van der Waals surface area contributed by atoms with Crippen LogP contribution in [0.15, 0.2) is 0 Å². The molecule has 122 valence electrons. The Balaban J connectivity index is 2.43. The molecule has 0 radical (unpaired) electrons. The van der Waals surface area contributed by atoms with Crippen molar-refractivity contribution in [3.8, 4) is 0 Å². The van der Waals surface area contributed by atoms with Gasteiger partial charge in [-0.25, -0.2) is 8.42 Å². The number of amides is 2. The molecule has 0 spiro atoms. The smallest absolute Gasteiger partial charge is 0.232 e. The first-order chi connectivity index (χ1) is 9.89. The summed E-state index contributed by atoms with van der Waals surface area (Å²) in [5.41, 5.74) is 0. The Morgan fingerprint density at radius 2 is 1.95 bits per heavy atom. The first-order valence-corrected chi connectivity index (χ1v) is 9.48. The van der Waals surface area contributed by atoms with Crippen molar-refractivity contribution in [2.24, 2.45) is 0 Å². The molecule has 21 heavy (non-hydrogen) atoms. The highest BCUT2D eigenvalue weighted by atomic mass is 32.2. The van der Waals surface area contributed by atoms with Crippen molar-refractivity contribution in [2.75, 3.05) is 24.6 Å². The van der Waals surface area contributed by atoms with Crippen LogP contribution >= 0.6 is 0 Å². The van der Waals surface area contributed by atoms with E-state index in [9.17, 15) is 18.0 Å². The van der Waals surface area contributed by atoms with Gasteiger partial charge in [-0.2, -0.15) is 0 Å². The lowest BCUT2D eigenvalue weighted by atomic mass is 10.2. The van der Waals surface area contributed by atoms with Crippen molar-refractivity contribution in [2.45, 2.75) is 52.0 Å². The third kappa shape index (κ3) is 6.03. The average molecular weight is 318 g/mol. The molecule has 1 rings (SSSR count). The predicted molar refractivity (Wildman–Crippen MR) is 81.6 cm³/mol. The number of nitrogens with zero attached hydrogens (tertiary/aromatic N) is 1. The summed E-state index contributed by atoms with van der Waals surface area (Å²) in [6.07, 6.45) is 3.31. The number of hydrogen-bond acceptors (Lipinski definition) is 4. The summed E-state index contributed by atoms with van der Waals surface area (Å²) < 4.78 is 23.0. The van der Waals surface area contributed by atoms with Crippen LogP contribution in [0.5, 0.6) is 0 Å². The van der Waals surface area contributed by atoms with Crippen LogP contribution in [-0.2, 0) is 19.4 Å². The van der Waals surface area contributed by atoms with E-state index in [0.717, 1.165) is 19.3 Å². The molecule has 0 aliphatic carbocycles. The minimum atomic E-state index is -3.03. The first kappa shape index (κ1) is 17.9. The largest absolute Gasteiger partial charge is 0.356 e. The Morgan fingerprint density at radius 1 is 1.24 bits per heavy atom. The highest BCUT2D eigenvalue weighted by Crippen LogP contribution is 2.18. The normalized spacial score (nSPS) is 20.2. The highest BCUT2D eigenvalue weighted by molar-refractivity contribution is 7.91. The Kier molecular flexibility index (Phi) is 7.14. The Labute approximate surface area is 127 Å². The van der Waals surface area contributed by atoms with Crippen LogP contribution in [0.1, 0.15) is 46.0 Å². The van der Waals surface area contributed by atoms with Crippen molar-refractivity contribution >= 4 is 21.7 Å². The average Bonchev–Trinajstić information content (AvgIpc) is 2.75. The molecule has 1 aliphatic rings. The van der Waals surface area contributed by atoms with Gasteiger partial charge in [-0.3, -0.25) is 9.59 Å². The predicted octanol–water partition coefficient (Wildman–Crippen LogP) is 0.719. The highest BCUT2D eigenvalue weighted by Gasteiger charge is 2.34.